The quantitative estimate of drug-likeness (QED) is 0.675. The average molecular weight is 359 g/mol. The normalized spacial score (nSPS) is 22.7. The molecular formula is C18H28F3N3O+2. The predicted octanol–water partition coefficient (Wildman–Crippen LogP) is -0.0981. The SMILES string of the molecule is CC(C)NC(=O)[C@@H](C)[NH+]1CC[NH+](Cc2cccc(C(F)(F)F)c2)CC1. The summed E-state index contributed by atoms with van der Waals surface area (Å²) in [7, 11) is 0. The monoisotopic (exact) mass is 359 g/mol. The van der Waals surface area contributed by atoms with Crippen molar-refractivity contribution in [2.24, 2.45) is 0 Å². The zero-order valence-electron chi connectivity index (χ0n) is 15.0. The van der Waals surface area contributed by atoms with Crippen molar-refractivity contribution in [2.45, 2.75) is 45.6 Å². The Morgan fingerprint density at radius 1 is 1.16 bits per heavy atom. The maximum Gasteiger partial charge on any atom is 0.416 e. The van der Waals surface area contributed by atoms with Crippen molar-refractivity contribution >= 4 is 5.91 Å². The van der Waals surface area contributed by atoms with Crippen LogP contribution in [-0.2, 0) is 17.5 Å². The summed E-state index contributed by atoms with van der Waals surface area (Å²) in [6, 6.07) is 5.60. The van der Waals surface area contributed by atoms with E-state index in [1.165, 1.54) is 21.9 Å². The summed E-state index contributed by atoms with van der Waals surface area (Å²) in [5.74, 6) is 0.0614. The molecule has 1 saturated heterocycles. The maximum absolute atomic E-state index is 12.8. The Hall–Kier alpha value is -1.60. The maximum atomic E-state index is 12.8. The van der Waals surface area contributed by atoms with Crippen LogP contribution in [0.2, 0.25) is 0 Å². The molecule has 0 unspecified atom stereocenters. The van der Waals surface area contributed by atoms with E-state index in [1.807, 2.05) is 20.8 Å². The minimum absolute atomic E-state index is 0.0614. The number of carbonyl (C=O) groups is 1. The highest BCUT2D eigenvalue weighted by molar-refractivity contribution is 5.80. The Kier molecular flexibility index (Phi) is 6.46. The van der Waals surface area contributed by atoms with Crippen LogP contribution >= 0.6 is 0 Å². The topological polar surface area (TPSA) is 38.0 Å². The summed E-state index contributed by atoms with van der Waals surface area (Å²) < 4.78 is 38.4. The van der Waals surface area contributed by atoms with E-state index in [0.29, 0.717) is 12.1 Å². The van der Waals surface area contributed by atoms with Gasteiger partial charge in [0.05, 0.1) is 5.56 Å². The molecule has 1 atom stereocenters. The number of hydrogen-bond acceptors (Lipinski definition) is 1. The molecule has 140 valence electrons. The Morgan fingerprint density at radius 3 is 2.36 bits per heavy atom. The molecule has 1 aromatic carbocycles. The van der Waals surface area contributed by atoms with Gasteiger partial charge in [0.25, 0.3) is 5.91 Å². The van der Waals surface area contributed by atoms with Crippen LogP contribution in [0.3, 0.4) is 0 Å². The molecule has 0 spiro atoms. The highest BCUT2D eigenvalue weighted by Crippen LogP contribution is 2.29. The molecular weight excluding hydrogens is 331 g/mol. The summed E-state index contributed by atoms with van der Waals surface area (Å²) in [6.45, 7) is 9.81. The minimum Gasteiger partial charge on any atom is -0.349 e. The van der Waals surface area contributed by atoms with Gasteiger partial charge < -0.3 is 15.1 Å². The summed E-state index contributed by atoms with van der Waals surface area (Å²) in [5, 5.41) is 2.94. The number of hydrogen-bond donors (Lipinski definition) is 3. The van der Waals surface area contributed by atoms with Crippen molar-refractivity contribution in [1.29, 1.82) is 0 Å². The molecule has 0 saturated carbocycles. The molecule has 0 aliphatic carbocycles. The molecule has 1 amide bonds. The number of carbonyl (C=O) groups excluding carboxylic acids is 1. The molecule has 3 N–H and O–H groups in total. The predicted molar refractivity (Wildman–Crippen MR) is 89.3 cm³/mol. The summed E-state index contributed by atoms with van der Waals surface area (Å²) >= 11 is 0. The lowest BCUT2D eigenvalue weighted by Gasteiger charge is -2.33. The van der Waals surface area contributed by atoms with E-state index in [0.717, 1.165) is 32.2 Å². The molecule has 1 aliphatic rings. The summed E-state index contributed by atoms with van der Waals surface area (Å²) in [6.07, 6.45) is -4.30. The highest BCUT2D eigenvalue weighted by Gasteiger charge is 2.32. The zero-order chi connectivity index (χ0) is 18.6. The summed E-state index contributed by atoms with van der Waals surface area (Å²) in [5.41, 5.74) is 0.117. The number of alkyl halides is 3. The first-order valence-electron chi connectivity index (χ1n) is 8.81. The number of halogens is 3. The molecule has 1 aliphatic heterocycles. The molecule has 0 radical (unpaired) electrons. The van der Waals surface area contributed by atoms with Gasteiger partial charge in [-0.3, -0.25) is 4.79 Å². The van der Waals surface area contributed by atoms with Gasteiger partial charge in [0.15, 0.2) is 6.04 Å². The molecule has 1 aromatic rings. The fourth-order valence-electron chi connectivity index (χ4n) is 3.28. The van der Waals surface area contributed by atoms with Crippen LogP contribution < -0.4 is 15.1 Å². The molecule has 1 fully saturated rings. The van der Waals surface area contributed by atoms with E-state index >= 15 is 0 Å². The lowest BCUT2D eigenvalue weighted by Crippen LogP contribution is -3.29. The van der Waals surface area contributed by atoms with Crippen LogP contribution in [0.25, 0.3) is 0 Å². The van der Waals surface area contributed by atoms with E-state index in [1.54, 1.807) is 6.07 Å². The number of rotatable bonds is 5. The third-order valence-electron chi connectivity index (χ3n) is 4.74. The first-order chi connectivity index (χ1) is 11.7. The molecule has 25 heavy (non-hydrogen) atoms. The first kappa shape index (κ1) is 19.7. The molecule has 1 heterocycles. The van der Waals surface area contributed by atoms with Crippen molar-refractivity contribution in [1.82, 2.24) is 5.32 Å². The van der Waals surface area contributed by atoms with Gasteiger partial charge in [0.1, 0.15) is 32.7 Å². The van der Waals surface area contributed by atoms with E-state index in [4.69, 9.17) is 0 Å². The number of piperazine rings is 1. The molecule has 0 bridgehead atoms. The van der Waals surface area contributed by atoms with Crippen molar-refractivity contribution < 1.29 is 27.8 Å². The second kappa shape index (κ2) is 8.19. The number of quaternary nitrogens is 2. The second-order valence-electron chi connectivity index (χ2n) is 7.17. The van der Waals surface area contributed by atoms with Crippen LogP contribution in [0, 0.1) is 0 Å². The Morgan fingerprint density at radius 2 is 1.80 bits per heavy atom. The van der Waals surface area contributed by atoms with Gasteiger partial charge in [-0.15, -0.1) is 0 Å². The van der Waals surface area contributed by atoms with Gasteiger partial charge in [-0.05, 0) is 32.9 Å². The van der Waals surface area contributed by atoms with Gasteiger partial charge >= 0.3 is 6.18 Å². The van der Waals surface area contributed by atoms with Crippen LogP contribution in [0.5, 0.6) is 0 Å². The standard InChI is InChI=1S/C18H26F3N3O/c1-13(2)22-17(25)14(3)24-9-7-23(8-10-24)12-15-5-4-6-16(11-15)18(19,20)21/h4-6,11,13-14H,7-10,12H2,1-3H3,(H,22,25)/p+2/t14-/m1/s1. The number of nitrogens with one attached hydrogen (secondary N) is 3. The van der Waals surface area contributed by atoms with E-state index < -0.39 is 11.7 Å². The number of benzene rings is 1. The van der Waals surface area contributed by atoms with Crippen molar-refractivity contribution in [3.63, 3.8) is 0 Å². The van der Waals surface area contributed by atoms with E-state index in [9.17, 15) is 18.0 Å². The minimum atomic E-state index is -4.30. The fraction of sp³-hybridized carbons (Fsp3) is 0.611. The fourth-order valence-corrected chi connectivity index (χ4v) is 3.28. The third-order valence-corrected chi connectivity index (χ3v) is 4.74. The van der Waals surface area contributed by atoms with Crippen molar-refractivity contribution in [2.75, 3.05) is 26.2 Å². The molecule has 2 rings (SSSR count). The second-order valence-corrected chi connectivity index (χ2v) is 7.17. The van der Waals surface area contributed by atoms with Crippen LogP contribution in [0.1, 0.15) is 31.9 Å². The van der Waals surface area contributed by atoms with Crippen LogP contribution in [0.4, 0.5) is 13.2 Å². The Bertz CT molecular complexity index is 581. The van der Waals surface area contributed by atoms with Gasteiger partial charge in [-0.2, -0.15) is 13.2 Å². The smallest absolute Gasteiger partial charge is 0.349 e. The number of amides is 1. The van der Waals surface area contributed by atoms with E-state index in [2.05, 4.69) is 5.32 Å². The zero-order valence-corrected chi connectivity index (χ0v) is 15.0. The Balaban J connectivity index is 1.87. The highest BCUT2D eigenvalue weighted by atomic mass is 19.4. The first-order valence-corrected chi connectivity index (χ1v) is 8.81. The third kappa shape index (κ3) is 5.71. The van der Waals surface area contributed by atoms with Gasteiger partial charge in [-0.1, -0.05) is 12.1 Å². The summed E-state index contributed by atoms with van der Waals surface area (Å²) in [4.78, 5) is 14.6. The average Bonchev–Trinajstić information content (AvgIpc) is 2.54. The largest absolute Gasteiger partial charge is 0.416 e. The Labute approximate surface area is 147 Å². The van der Waals surface area contributed by atoms with Crippen LogP contribution in [0.15, 0.2) is 24.3 Å². The van der Waals surface area contributed by atoms with Crippen molar-refractivity contribution in [3.05, 3.63) is 35.4 Å². The molecule has 0 aromatic heterocycles. The van der Waals surface area contributed by atoms with Gasteiger partial charge in [0, 0.05) is 11.6 Å². The van der Waals surface area contributed by atoms with Gasteiger partial charge in [-0.25, -0.2) is 0 Å². The van der Waals surface area contributed by atoms with E-state index in [-0.39, 0.29) is 18.0 Å². The molecule has 7 heteroatoms. The van der Waals surface area contributed by atoms with Crippen molar-refractivity contribution in [3.8, 4) is 0 Å². The van der Waals surface area contributed by atoms with Crippen LogP contribution in [-0.4, -0.2) is 44.2 Å². The lowest BCUT2D eigenvalue weighted by atomic mass is 10.1. The molecule has 4 nitrogen and oxygen atoms in total. The van der Waals surface area contributed by atoms with Gasteiger partial charge in [0.2, 0.25) is 0 Å². The lowest BCUT2D eigenvalue weighted by molar-refractivity contribution is -1.02.